The Balaban J connectivity index is 2.74. The first kappa shape index (κ1) is 15.3. The SMILES string of the molecule is CC(C)NC(=O)C(C)OC(=O)c1cccc(Cl)c1N. The average Bonchev–Trinajstić information content (AvgIpc) is 2.31. The molecule has 1 amide bonds. The van der Waals surface area contributed by atoms with E-state index in [0.717, 1.165) is 0 Å². The van der Waals surface area contributed by atoms with Gasteiger partial charge in [-0.3, -0.25) is 4.79 Å². The van der Waals surface area contributed by atoms with Crippen LogP contribution < -0.4 is 11.1 Å². The molecule has 0 saturated heterocycles. The minimum Gasteiger partial charge on any atom is -0.449 e. The number of nitrogens with two attached hydrogens (primary N) is 1. The molecular formula is C13H17ClN2O3. The lowest BCUT2D eigenvalue weighted by Gasteiger charge is -2.16. The maximum Gasteiger partial charge on any atom is 0.341 e. The fourth-order valence-corrected chi connectivity index (χ4v) is 1.57. The molecule has 1 aromatic rings. The summed E-state index contributed by atoms with van der Waals surface area (Å²) in [6.07, 6.45) is -0.895. The van der Waals surface area contributed by atoms with Crippen molar-refractivity contribution in [1.29, 1.82) is 0 Å². The van der Waals surface area contributed by atoms with Crippen LogP contribution in [0.4, 0.5) is 5.69 Å². The Kier molecular flexibility index (Phi) is 5.18. The van der Waals surface area contributed by atoms with Gasteiger partial charge in [0.15, 0.2) is 6.10 Å². The van der Waals surface area contributed by atoms with Gasteiger partial charge in [0.2, 0.25) is 0 Å². The number of benzene rings is 1. The Hall–Kier alpha value is -1.75. The Morgan fingerprint density at radius 3 is 2.53 bits per heavy atom. The number of nitrogen functional groups attached to an aromatic ring is 1. The zero-order valence-corrected chi connectivity index (χ0v) is 11.8. The summed E-state index contributed by atoms with van der Waals surface area (Å²) < 4.78 is 5.05. The standard InChI is InChI=1S/C13H17ClN2O3/c1-7(2)16-12(17)8(3)19-13(18)9-5-4-6-10(14)11(9)15/h4-8H,15H2,1-3H3,(H,16,17). The number of hydrogen-bond acceptors (Lipinski definition) is 4. The molecule has 0 fully saturated rings. The number of halogens is 1. The molecule has 0 aliphatic heterocycles. The number of ether oxygens (including phenoxy) is 1. The smallest absolute Gasteiger partial charge is 0.341 e. The molecular weight excluding hydrogens is 268 g/mol. The molecule has 0 aliphatic rings. The van der Waals surface area contributed by atoms with E-state index in [1.54, 1.807) is 12.1 Å². The number of para-hydroxylation sites is 1. The topological polar surface area (TPSA) is 81.4 Å². The number of carbonyl (C=O) groups is 2. The van der Waals surface area contributed by atoms with Crippen molar-refractivity contribution in [3.63, 3.8) is 0 Å². The predicted octanol–water partition coefficient (Wildman–Crippen LogP) is 1.99. The van der Waals surface area contributed by atoms with E-state index >= 15 is 0 Å². The van der Waals surface area contributed by atoms with Gasteiger partial charge < -0.3 is 15.8 Å². The van der Waals surface area contributed by atoms with E-state index in [4.69, 9.17) is 22.1 Å². The van der Waals surface area contributed by atoms with Gasteiger partial charge in [-0.1, -0.05) is 17.7 Å². The van der Waals surface area contributed by atoms with E-state index in [-0.39, 0.29) is 28.2 Å². The van der Waals surface area contributed by atoms with Crippen LogP contribution in [-0.2, 0) is 9.53 Å². The third-order valence-corrected chi connectivity index (χ3v) is 2.69. The highest BCUT2D eigenvalue weighted by molar-refractivity contribution is 6.33. The first-order chi connectivity index (χ1) is 8.82. The molecule has 104 valence electrons. The fourth-order valence-electron chi connectivity index (χ4n) is 1.39. The van der Waals surface area contributed by atoms with Gasteiger partial charge >= 0.3 is 5.97 Å². The van der Waals surface area contributed by atoms with Crippen molar-refractivity contribution >= 4 is 29.2 Å². The van der Waals surface area contributed by atoms with Crippen LogP contribution in [0, 0.1) is 0 Å². The Bertz CT molecular complexity index is 489. The lowest BCUT2D eigenvalue weighted by Crippen LogP contribution is -2.39. The van der Waals surface area contributed by atoms with Crippen LogP contribution in [0.3, 0.4) is 0 Å². The lowest BCUT2D eigenvalue weighted by atomic mass is 10.2. The summed E-state index contributed by atoms with van der Waals surface area (Å²) in [5, 5.41) is 2.92. The van der Waals surface area contributed by atoms with Gasteiger partial charge in [-0.15, -0.1) is 0 Å². The van der Waals surface area contributed by atoms with Gasteiger partial charge in [-0.25, -0.2) is 4.79 Å². The molecule has 0 heterocycles. The molecule has 1 atom stereocenters. The maximum absolute atomic E-state index is 11.9. The van der Waals surface area contributed by atoms with E-state index in [1.165, 1.54) is 13.0 Å². The monoisotopic (exact) mass is 284 g/mol. The van der Waals surface area contributed by atoms with E-state index in [0.29, 0.717) is 0 Å². The minimum atomic E-state index is -0.895. The van der Waals surface area contributed by atoms with Crippen molar-refractivity contribution in [3.8, 4) is 0 Å². The van der Waals surface area contributed by atoms with Crippen LogP contribution in [0.15, 0.2) is 18.2 Å². The summed E-state index contributed by atoms with van der Waals surface area (Å²) in [7, 11) is 0. The number of carbonyl (C=O) groups excluding carboxylic acids is 2. The predicted molar refractivity (Wildman–Crippen MR) is 74.0 cm³/mol. The van der Waals surface area contributed by atoms with Gasteiger partial charge in [-0.2, -0.15) is 0 Å². The van der Waals surface area contributed by atoms with Crippen LogP contribution in [-0.4, -0.2) is 24.0 Å². The minimum absolute atomic E-state index is 0.0232. The second kappa shape index (κ2) is 6.43. The first-order valence-electron chi connectivity index (χ1n) is 5.88. The molecule has 0 saturated carbocycles. The van der Waals surface area contributed by atoms with Gasteiger partial charge in [-0.05, 0) is 32.9 Å². The number of nitrogens with one attached hydrogen (secondary N) is 1. The highest BCUT2D eigenvalue weighted by atomic mass is 35.5. The number of rotatable bonds is 4. The van der Waals surface area contributed by atoms with Gasteiger partial charge in [0.25, 0.3) is 5.91 Å². The third-order valence-electron chi connectivity index (χ3n) is 2.36. The maximum atomic E-state index is 11.9. The van der Waals surface area contributed by atoms with Gasteiger partial charge in [0.1, 0.15) is 0 Å². The molecule has 3 N–H and O–H groups in total. The quantitative estimate of drug-likeness (QED) is 0.654. The highest BCUT2D eigenvalue weighted by Gasteiger charge is 2.21. The second-order valence-corrected chi connectivity index (χ2v) is 4.82. The summed E-state index contributed by atoms with van der Waals surface area (Å²) in [4.78, 5) is 23.5. The largest absolute Gasteiger partial charge is 0.449 e. The molecule has 0 aromatic heterocycles. The number of amides is 1. The van der Waals surface area contributed by atoms with Crippen molar-refractivity contribution < 1.29 is 14.3 Å². The molecule has 1 unspecified atom stereocenters. The highest BCUT2D eigenvalue weighted by Crippen LogP contribution is 2.23. The Labute approximate surface area is 117 Å². The number of esters is 1. The van der Waals surface area contributed by atoms with Crippen LogP contribution in [0.2, 0.25) is 5.02 Å². The van der Waals surface area contributed by atoms with Crippen LogP contribution in [0.5, 0.6) is 0 Å². The van der Waals surface area contributed by atoms with Crippen molar-refractivity contribution in [2.24, 2.45) is 0 Å². The zero-order chi connectivity index (χ0) is 14.6. The summed E-state index contributed by atoms with van der Waals surface area (Å²) in [6, 6.07) is 4.64. The number of anilines is 1. The van der Waals surface area contributed by atoms with Crippen LogP contribution in [0.1, 0.15) is 31.1 Å². The Morgan fingerprint density at radius 1 is 1.32 bits per heavy atom. The fraction of sp³-hybridized carbons (Fsp3) is 0.385. The van der Waals surface area contributed by atoms with Crippen molar-refractivity contribution in [1.82, 2.24) is 5.32 Å². The molecule has 1 aromatic carbocycles. The molecule has 1 rings (SSSR count). The molecule has 0 radical (unpaired) electrons. The summed E-state index contributed by atoms with van der Waals surface area (Å²) >= 11 is 5.81. The Morgan fingerprint density at radius 2 is 1.95 bits per heavy atom. The molecule has 0 spiro atoms. The van der Waals surface area contributed by atoms with Gasteiger partial charge in [0, 0.05) is 6.04 Å². The average molecular weight is 285 g/mol. The zero-order valence-electron chi connectivity index (χ0n) is 11.1. The van der Waals surface area contributed by atoms with E-state index in [9.17, 15) is 9.59 Å². The molecule has 0 aliphatic carbocycles. The van der Waals surface area contributed by atoms with Crippen molar-refractivity contribution in [2.45, 2.75) is 32.9 Å². The molecule has 19 heavy (non-hydrogen) atoms. The summed E-state index contributed by atoms with van der Waals surface area (Å²) in [5.74, 6) is -1.03. The van der Waals surface area contributed by atoms with Crippen molar-refractivity contribution in [2.75, 3.05) is 5.73 Å². The summed E-state index contributed by atoms with van der Waals surface area (Å²) in [5.41, 5.74) is 5.98. The van der Waals surface area contributed by atoms with E-state index < -0.39 is 12.1 Å². The summed E-state index contributed by atoms with van der Waals surface area (Å²) in [6.45, 7) is 5.14. The van der Waals surface area contributed by atoms with E-state index in [1.807, 2.05) is 13.8 Å². The molecule has 0 bridgehead atoms. The molecule has 6 heteroatoms. The third kappa shape index (κ3) is 4.13. The van der Waals surface area contributed by atoms with Gasteiger partial charge in [0.05, 0.1) is 16.3 Å². The van der Waals surface area contributed by atoms with Crippen LogP contribution in [0.25, 0.3) is 0 Å². The normalized spacial score (nSPS) is 12.1. The van der Waals surface area contributed by atoms with Crippen LogP contribution >= 0.6 is 11.6 Å². The second-order valence-electron chi connectivity index (χ2n) is 4.41. The number of hydrogen-bond donors (Lipinski definition) is 2. The lowest BCUT2D eigenvalue weighted by molar-refractivity contribution is -0.129. The van der Waals surface area contributed by atoms with E-state index in [2.05, 4.69) is 5.32 Å². The van der Waals surface area contributed by atoms with Crippen molar-refractivity contribution in [3.05, 3.63) is 28.8 Å². The first-order valence-corrected chi connectivity index (χ1v) is 6.26. The molecule has 5 nitrogen and oxygen atoms in total.